The Balaban J connectivity index is 1.70. The molecule has 0 bridgehead atoms. The zero-order valence-electron chi connectivity index (χ0n) is 18.1. The second kappa shape index (κ2) is 9.17. The molecule has 0 saturated carbocycles. The Morgan fingerprint density at radius 3 is 2.30 bits per heavy atom. The lowest BCUT2D eigenvalue weighted by Gasteiger charge is -2.26. The summed E-state index contributed by atoms with van der Waals surface area (Å²) in [6, 6.07) is 14.4. The molecule has 2 heterocycles. The van der Waals surface area contributed by atoms with Gasteiger partial charge in [-0.1, -0.05) is 44.2 Å². The van der Waals surface area contributed by atoms with E-state index in [2.05, 4.69) is 0 Å². The van der Waals surface area contributed by atoms with Crippen LogP contribution in [0.1, 0.15) is 37.3 Å². The number of benzene rings is 2. The summed E-state index contributed by atoms with van der Waals surface area (Å²) in [6.07, 6.45) is -0.267. The molecule has 0 N–H and O–H groups in total. The Hall–Kier alpha value is -2.88. The molecule has 0 aliphatic carbocycles. The maximum absolute atomic E-state index is 13.4. The zero-order chi connectivity index (χ0) is 23.8. The fraction of sp³-hybridized carbons (Fsp3) is 0.250. The first-order valence-electron chi connectivity index (χ1n) is 10.4. The summed E-state index contributed by atoms with van der Waals surface area (Å²) in [5.74, 6) is -1.22. The molecule has 2 amide bonds. The van der Waals surface area contributed by atoms with Gasteiger partial charge in [-0.2, -0.15) is 4.31 Å². The van der Waals surface area contributed by atoms with Crippen LogP contribution in [0.5, 0.6) is 0 Å². The van der Waals surface area contributed by atoms with Crippen molar-refractivity contribution in [2.75, 3.05) is 4.90 Å². The van der Waals surface area contributed by atoms with Gasteiger partial charge in [0.25, 0.3) is 15.9 Å². The molecular weight excluding hydrogens is 463 g/mol. The number of imide groups is 1. The maximum atomic E-state index is 13.4. The van der Waals surface area contributed by atoms with Gasteiger partial charge in [0.1, 0.15) is 16.1 Å². The van der Waals surface area contributed by atoms with Gasteiger partial charge in [-0.05, 0) is 52.8 Å². The molecule has 3 aromatic rings. The molecule has 1 aromatic heterocycles. The fourth-order valence-electron chi connectivity index (χ4n) is 3.78. The highest BCUT2D eigenvalue weighted by Gasteiger charge is 2.47. The highest BCUT2D eigenvalue weighted by Crippen LogP contribution is 2.32. The van der Waals surface area contributed by atoms with Crippen LogP contribution < -0.4 is 4.90 Å². The minimum absolute atomic E-state index is 0.0737. The standard InChI is InChI=1S/C24H23FN2O4S2/c1-16(2)18-7-11-20(12-8-18)27-22(28)14-21(24(27)29)26(15-17-5-9-19(25)10-6-17)33(30,31)23-4-3-13-32-23/h3-13,16,21H,14-15H2,1-2H3. The van der Waals surface area contributed by atoms with E-state index in [-0.39, 0.29) is 17.2 Å². The lowest BCUT2D eigenvalue weighted by Crippen LogP contribution is -2.44. The third-order valence-corrected chi connectivity index (χ3v) is 8.83. The molecule has 1 saturated heterocycles. The van der Waals surface area contributed by atoms with E-state index in [0.29, 0.717) is 17.2 Å². The van der Waals surface area contributed by atoms with Crippen molar-refractivity contribution in [1.82, 2.24) is 4.31 Å². The summed E-state index contributed by atoms with van der Waals surface area (Å²) in [4.78, 5) is 27.3. The summed E-state index contributed by atoms with van der Waals surface area (Å²) >= 11 is 1.03. The first-order chi connectivity index (χ1) is 15.7. The number of amides is 2. The molecule has 4 rings (SSSR count). The molecule has 1 aliphatic rings. The molecule has 33 heavy (non-hydrogen) atoms. The first-order valence-corrected chi connectivity index (χ1v) is 12.8. The third-order valence-electron chi connectivity index (χ3n) is 5.60. The molecule has 0 radical (unpaired) electrons. The quantitative estimate of drug-likeness (QED) is 0.460. The summed E-state index contributed by atoms with van der Waals surface area (Å²) in [5, 5.41) is 1.63. The minimum atomic E-state index is -4.07. The van der Waals surface area contributed by atoms with Gasteiger partial charge in [-0.3, -0.25) is 9.59 Å². The average molecular weight is 487 g/mol. The van der Waals surface area contributed by atoms with Crippen LogP contribution in [0, 0.1) is 5.82 Å². The predicted octanol–water partition coefficient (Wildman–Crippen LogP) is 4.53. The third kappa shape index (κ3) is 4.62. The summed E-state index contributed by atoms with van der Waals surface area (Å²) in [7, 11) is -4.07. The number of nitrogens with zero attached hydrogens (tertiary/aromatic N) is 2. The van der Waals surface area contributed by atoms with Crippen LogP contribution in [0.4, 0.5) is 10.1 Å². The monoisotopic (exact) mass is 486 g/mol. The molecule has 0 spiro atoms. The Bertz CT molecular complexity index is 1250. The fourth-order valence-corrected chi connectivity index (χ4v) is 6.47. The molecular formula is C24H23FN2O4S2. The van der Waals surface area contributed by atoms with Crippen molar-refractivity contribution in [1.29, 1.82) is 0 Å². The number of anilines is 1. The number of halogens is 1. The van der Waals surface area contributed by atoms with Gasteiger partial charge < -0.3 is 0 Å². The molecule has 1 atom stereocenters. The maximum Gasteiger partial charge on any atom is 0.253 e. The van der Waals surface area contributed by atoms with E-state index in [4.69, 9.17) is 0 Å². The van der Waals surface area contributed by atoms with Crippen LogP contribution in [0.25, 0.3) is 0 Å². The molecule has 1 fully saturated rings. The van der Waals surface area contributed by atoms with Crippen LogP contribution >= 0.6 is 11.3 Å². The van der Waals surface area contributed by atoms with Gasteiger partial charge in [0, 0.05) is 6.54 Å². The van der Waals surface area contributed by atoms with Crippen LogP contribution in [-0.4, -0.2) is 30.6 Å². The molecule has 2 aromatic carbocycles. The number of hydrogen-bond donors (Lipinski definition) is 0. The average Bonchev–Trinajstić information content (AvgIpc) is 3.42. The van der Waals surface area contributed by atoms with Gasteiger partial charge in [-0.25, -0.2) is 17.7 Å². The van der Waals surface area contributed by atoms with Crippen LogP contribution in [0.2, 0.25) is 0 Å². The van der Waals surface area contributed by atoms with Gasteiger partial charge in [0.15, 0.2) is 0 Å². The van der Waals surface area contributed by atoms with Gasteiger partial charge in [0.2, 0.25) is 5.91 Å². The van der Waals surface area contributed by atoms with Crippen molar-refractivity contribution in [3.05, 3.63) is 83.0 Å². The van der Waals surface area contributed by atoms with E-state index in [1.807, 2.05) is 26.0 Å². The topological polar surface area (TPSA) is 74.8 Å². The van der Waals surface area contributed by atoms with Crippen molar-refractivity contribution >= 4 is 38.9 Å². The lowest BCUT2D eigenvalue weighted by atomic mass is 10.0. The van der Waals surface area contributed by atoms with Crippen molar-refractivity contribution in [2.24, 2.45) is 0 Å². The van der Waals surface area contributed by atoms with E-state index in [1.54, 1.807) is 23.6 Å². The van der Waals surface area contributed by atoms with E-state index >= 15 is 0 Å². The second-order valence-corrected chi connectivity index (χ2v) is 11.2. The zero-order valence-corrected chi connectivity index (χ0v) is 19.8. The van der Waals surface area contributed by atoms with Crippen molar-refractivity contribution in [3.63, 3.8) is 0 Å². The first kappa shape index (κ1) is 23.3. The van der Waals surface area contributed by atoms with Gasteiger partial charge in [-0.15, -0.1) is 11.3 Å². The SMILES string of the molecule is CC(C)c1ccc(N2C(=O)CC(N(Cc3ccc(F)cc3)S(=O)(=O)c3cccs3)C2=O)cc1. The van der Waals surface area contributed by atoms with Gasteiger partial charge in [0.05, 0.1) is 12.1 Å². The van der Waals surface area contributed by atoms with E-state index in [9.17, 15) is 22.4 Å². The minimum Gasteiger partial charge on any atom is -0.274 e. The highest BCUT2D eigenvalue weighted by molar-refractivity contribution is 7.91. The predicted molar refractivity (Wildman–Crippen MR) is 125 cm³/mol. The van der Waals surface area contributed by atoms with Crippen LogP contribution in [0.15, 0.2) is 70.3 Å². The molecule has 1 unspecified atom stereocenters. The van der Waals surface area contributed by atoms with Gasteiger partial charge >= 0.3 is 0 Å². The Kier molecular flexibility index (Phi) is 6.47. The summed E-state index contributed by atoms with van der Waals surface area (Å²) in [6.45, 7) is 3.92. The van der Waals surface area contributed by atoms with Crippen molar-refractivity contribution < 1.29 is 22.4 Å². The number of carbonyl (C=O) groups excluding carboxylic acids is 2. The summed E-state index contributed by atoms with van der Waals surface area (Å²) < 4.78 is 41.4. The van der Waals surface area contributed by atoms with Crippen LogP contribution in [0.3, 0.4) is 0 Å². The molecule has 9 heteroatoms. The van der Waals surface area contributed by atoms with E-state index in [0.717, 1.165) is 26.1 Å². The number of rotatable bonds is 7. The highest BCUT2D eigenvalue weighted by atomic mass is 32.2. The number of sulfonamides is 1. The Morgan fingerprint density at radius 1 is 1.06 bits per heavy atom. The Morgan fingerprint density at radius 2 is 1.73 bits per heavy atom. The van der Waals surface area contributed by atoms with E-state index in [1.165, 1.54) is 30.3 Å². The number of hydrogen-bond acceptors (Lipinski definition) is 5. The number of thiophene rings is 1. The number of carbonyl (C=O) groups is 2. The molecule has 172 valence electrons. The van der Waals surface area contributed by atoms with E-state index < -0.39 is 33.7 Å². The summed E-state index contributed by atoms with van der Waals surface area (Å²) in [5.41, 5.74) is 1.98. The smallest absolute Gasteiger partial charge is 0.253 e. The normalized spacial score (nSPS) is 16.9. The second-order valence-electron chi connectivity index (χ2n) is 8.14. The lowest BCUT2D eigenvalue weighted by molar-refractivity contribution is -0.122. The van der Waals surface area contributed by atoms with Crippen molar-refractivity contribution in [3.8, 4) is 0 Å². The molecule has 6 nitrogen and oxygen atoms in total. The Labute approximate surface area is 196 Å². The molecule has 1 aliphatic heterocycles. The largest absolute Gasteiger partial charge is 0.274 e. The van der Waals surface area contributed by atoms with Crippen molar-refractivity contribution in [2.45, 2.75) is 43.0 Å². The van der Waals surface area contributed by atoms with Crippen LogP contribution in [-0.2, 0) is 26.2 Å².